The smallest absolute Gasteiger partial charge is 0.264 e. The van der Waals surface area contributed by atoms with Crippen molar-refractivity contribution in [3.63, 3.8) is 0 Å². The number of nitrogens with one attached hydrogen (secondary N) is 1. The average molecular weight is 366 g/mol. The molecule has 5 nitrogen and oxygen atoms in total. The van der Waals surface area contributed by atoms with Crippen molar-refractivity contribution in [2.45, 2.75) is 0 Å². The Morgan fingerprint density at radius 3 is 2.46 bits per heavy atom. The highest BCUT2D eigenvalue weighted by molar-refractivity contribution is 8.18. The molecule has 2 aromatic rings. The number of amides is 1. The molecule has 1 heterocycles. The highest BCUT2D eigenvalue weighted by Crippen LogP contribution is 2.29. The average Bonchev–Trinajstić information content (AvgIpc) is 3.00. The van der Waals surface area contributed by atoms with Crippen LogP contribution in [0.1, 0.15) is 5.56 Å². The van der Waals surface area contributed by atoms with Gasteiger partial charge in [-0.15, -0.1) is 0 Å². The van der Waals surface area contributed by atoms with Crippen LogP contribution in [-0.4, -0.2) is 24.8 Å². The van der Waals surface area contributed by atoms with Gasteiger partial charge in [0.05, 0.1) is 17.7 Å². The molecule has 1 aliphatic rings. The minimum absolute atomic E-state index is 0.158. The van der Waals surface area contributed by atoms with E-state index in [1.807, 2.05) is 54.6 Å². The Kier molecular flexibility index (Phi) is 5.76. The number of ether oxygens (including phenoxy) is 2. The Balaban J connectivity index is 1.71. The van der Waals surface area contributed by atoms with Crippen LogP contribution >= 0.6 is 11.8 Å². The van der Waals surface area contributed by atoms with E-state index < -0.39 is 0 Å². The zero-order valence-corrected chi connectivity index (χ0v) is 15.1. The molecule has 0 radical (unpaired) electrons. The molecule has 1 N–H and O–H groups in total. The number of methoxy groups -OCH3 is 1. The minimum Gasteiger partial charge on any atom is -0.497 e. The normalized spacial score (nSPS) is 16.6. The summed E-state index contributed by atoms with van der Waals surface area (Å²) in [6, 6.07) is 14.8. The van der Waals surface area contributed by atoms with E-state index in [-0.39, 0.29) is 5.91 Å². The molecule has 0 atom stereocenters. The topological polar surface area (TPSA) is 59.9 Å². The molecule has 0 aromatic heterocycles. The fraction of sp³-hybridized carbons (Fsp3) is 0.100. The van der Waals surface area contributed by atoms with E-state index in [1.165, 1.54) is 11.8 Å². The second-order valence-electron chi connectivity index (χ2n) is 5.35. The van der Waals surface area contributed by atoms with Crippen molar-refractivity contribution in [1.82, 2.24) is 5.32 Å². The lowest BCUT2D eigenvalue weighted by atomic mass is 10.2. The van der Waals surface area contributed by atoms with E-state index in [9.17, 15) is 4.79 Å². The third-order valence-corrected chi connectivity index (χ3v) is 4.41. The van der Waals surface area contributed by atoms with E-state index in [4.69, 9.17) is 9.47 Å². The van der Waals surface area contributed by atoms with E-state index >= 15 is 0 Å². The summed E-state index contributed by atoms with van der Waals surface area (Å²) < 4.78 is 10.6. The molecule has 6 heteroatoms. The fourth-order valence-electron chi connectivity index (χ4n) is 2.22. The van der Waals surface area contributed by atoms with Gasteiger partial charge in [0.15, 0.2) is 5.17 Å². The first kappa shape index (κ1) is 17.8. The van der Waals surface area contributed by atoms with Gasteiger partial charge in [0.1, 0.15) is 18.1 Å². The first-order chi connectivity index (χ1) is 12.7. The van der Waals surface area contributed by atoms with Gasteiger partial charge in [0, 0.05) is 0 Å². The predicted molar refractivity (Wildman–Crippen MR) is 106 cm³/mol. The Bertz CT molecular complexity index is 856. The predicted octanol–water partition coefficient (Wildman–Crippen LogP) is 4.15. The Morgan fingerprint density at radius 2 is 1.81 bits per heavy atom. The van der Waals surface area contributed by atoms with E-state index in [0.717, 1.165) is 22.7 Å². The molecule has 0 aliphatic carbocycles. The molecule has 0 bridgehead atoms. The van der Waals surface area contributed by atoms with Crippen LogP contribution < -0.4 is 14.8 Å². The second kappa shape index (κ2) is 8.40. The maximum Gasteiger partial charge on any atom is 0.264 e. The van der Waals surface area contributed by atoms with Gasteiger partial charge in [0.25, 0.3) is 5.91 Å². The maximum atomic E-state index is 12.2. The number of benzene rings is 2. The first-order valence-corrected chi connectivity index (χ1v) is 8.77. The molecule has 0 saturated carbocycles. The quantitative estimate of drug-likeness (QED) is 0.616. The number of aliphatic imine (C=N–C) groups is 1. The second-order valence-corrected chi connectivity index (χ2v) is 6.38. The number of amidine groups is 1. The van der Waals surface area contributed by atoms with Crippen molar-refractivity contribution in [3.05, 3.63) is 71.7 Å². The van der Waals surface area contributed by atoms with Crippen LogP contribution in [0, 0.1) is 0 Å². The highest BCUT2D eigenvalue weighted by atomic mass is 32.2. The molecule has 1 amide bonds. The SMILES string of the molecule is C=CCOc1ccc(/C=C2/SC(=Nc3ccc(OC)cc3)NC2=O)cc1. The lowest BCUT2D eigenvalue weighted by molar-refractivity contribution is -0.115. The van der Waals surface area contributed by atoms with Gasteiger partial charge in [-0.25, -0.2) is 4.99 Å². The van der Waals surface area contributed by atoms with Crippen molar-refractivity contribution < 1.29 is 14.3 Å². The summed E-state index contributed by atoms with van der Waals surface area (Å²) in [6.45, 7) is 4.08. The third-order valence-electron chi connectivity index (χ3n) is 3.50. The standard InChI is InChI=1S/C20H18N2O3S/c1-3-12-25-17-8-4-14(5-9-17)13-18-19(23)22-20(26-18)21-15-6-10-16(24-2)11-7-15/h3-11,13H,1,12H2,2H3,(H,21,22,23)/b18-13+. The molecule has 3 rings (SSSR count). The first-order valence-electron chi connectivity index (χ1n) is 7.95. The van der Waals surface area contributed by atoms with Crippen LogP contribution in [0.2, 0.25) is 0 Å². The molecule has 26 heavy (non-hydrogen) atoms. The zero-order chi connectivity index (χ0) is 18.4. The monoisotopic (exact) mass is 366 g/mol. The summed E-state index contributed by atoms with van der Waals surface area (Å²) >= 11 is 1.31. The summed E-state index contributed by atoms with van der Waals surface area (Å²) in [5, 5.41) is 3.33. The summed E-state index contributed by atoms with van der Waals surface area (Å²) in [4.78, 5) is 17.2. The van der Waals surface area contributed by atoms with Crippen molar-refractivity contribution >= 4 is 34.6 Å². The molecule has 2 aromatic carbocycles. The molecular weight excluding hydrogens is 348 g/mol. The fourth-order valence-corrected chi connectivity index (χ4v) is 3.06. The van der Waals surface area contributed by atoms with Gasteiger partial charge in [-0.1, -0.05) is 24.8 Å². The number of carbonyl (C=O) groups is 1. The summed E-state index contributed by atoms with van der Waals surface area (Å²) in [5.74, 6) is 1.37. The lowest BCUT2D eigenvalue weighted by Gasteiger charge is -2.03. The number of hydrogen-bond donors (Lipinski definition) is 1. The Hall–Kier alpha value is -2.99. The number of rotatable bonds is 6. The van der Waals surface area contributed by atoms with Crippen LogP contribution in [0.3, 0.4) is 0 Å². The Labute approximate surface area is 156 Å². The molecular formula is C20H18N2O3S. The Morgan fingerprint density at radius 1 is 1.12 bits per heavy atom. The number of carbonyl (C=O) groups excluding carboxylic acids is 1. The molecule has 132 valence electrons. The zero-order valence-electron chi connectivity index (χ0n) is 14.3. The molecule has 1 aliphatic heterocycles. The number of nitrogens with zero attached hydrogens (tertiary/aromatic N) is 1. The number of thioether (sulfide) groups is 1. The van der Waals surface area contributed by atoms with Crippen LogP contribution in [-0.2, 0) is 4.79 Å². The highest BCUT2D eigenvalue weighted by Gasteiger charge is 2.23. The summed E-state index contributed by atoms with van der Waals surface area (Å²) in [6.07, 6.45) is 3.52. The van der Waals surface area contributed by atoms with Crippen LogP contribution in [0.4, 0.5) is 5.69 Å². The van der Waals surface area contributed by atoms with E-state index in [1.54, 1.807) is 13.2 Å². The van der Waals surface area contributed by atoms with Crippen molar-refractivity contribution in [2.75, 3.05) is 13.7 Å². The maximum absolute atomic E-state index is 12.2. The minimum atomic E-state index is -0.158. The van der Waals surface area contributed by atoms with Gasteiger partial charge in [0.2, 0.25) is 0 Å². The van der Waals surface area contributed by atoms with E-state index in [2.05, 4.69) is 16.9 Å². The van der Waals surface area contributed by atoms with E-state index in [0.29, 0.717) is 16.7 Å². The largest absolute Gasteiger partial charge is 0.497 e. The lowest BCUT2D eigenvalue weighted by Crippen LogP contribution is -2.19. The van der Waals surface area contributed by atoms with Gasteiger partial charge in [-0.3, -0.25) is 4.79 Å². The van der Waals surface area contributed by atoms with Crippen LogP contribution in [0.15, 0.2) is 71.1 Å². The number of hydrogen-bond acceptors (Lipinski definition) is 5. The van der Waals surface area contributed by atoms with Crippen LogP contribution in [0.25, 0.3) is 6.08 Å². The van der Waals surface area contributed by atoms with Gasteiger partial charge < -0.3 is 14.8 Å². The van der Waals surface area contributed by atoms with Gasteiger partial charge >= 0.3 is 0 Å². The van der Waals surface area contributed by atoms with Gasteiger partial charge in [-0.2, -0.15) is 0 Å². The third kappa shape index (κ3) is 4.55. The van der Waals surface area contributed by atoms with Crippen molar-refractivity contribution in [1.29, 1.82) is 0 Å². The summed E-state index contributed by atoms with van der Waals surface area (Å²) in [5.41, 5.74) is 1.66. The van der Waals surface area contributed by atoms with Gasteiger partial charge in [-0.05, 0) is 59.8 Å². The molecule has 0 spiro atoms. The van der Waals surface area contributed by atoms with Crippen molar-refractivity contribution in [2.24, 2.45) is 4.99 Å². The van der Waals surface area contributed by atoms with Crippen LogP contribution in [0.5, 0.6) is 11.5 Å². The molecule has 0 unspecified atom stereocenters. The summed E-state index contributed by atoms with van der Waals surface area (Å²) in [7, 11) is 1.61. The molecule has 1 saturated heterocycles. The molecule has 1 fully saturated rings. The van der Waals surface area contributed by atoms with Crippen molar-refractivity contribution in [3.8, 4) is 11.5 Å².